The van der Waals surface area contributed by atoms with Crippen molar-refractivity contribution in [3.8, 4) is 0 Å². The second kappa shape index (κ2) is 6.41. The molecule has 1 aromatic heterocycles. The van der Waals surface area contributed by atoms with E-state index < -0.39 is 0 Å². The number of aromatic nitrogens is 2. The summed E-state index contributed by atoms with van der Waals surface area (Å²) in [5, 5.41) is 8.71. The van der Waals surface area contributed by atoms with Gasteiger partial charge in [0.1, 0.15) is 6.54 Å². The van der Waals surface area contributed by atoms with Gasteiger partial charge in [0.25, 0.3) is 5.56 Å². The number of fused-ring (bicyclic) bond motifs is 1. The molecule has 0 bridgehead atoms. The van der Waals surface area contributed by atoms with Crippen LogP contribution in [-0.2, 0) is 16.8 Å². The van der Waals surface area contributed by atoms with E-state index in [0.29, 0.717) is 11.9 Å². The predicted molar refractivity (Wildman–Crippen MR) is 101 cm³/mol. The summed E-state index contributed by atoms with van der Waals surface area (Å²) in [7, 11) is 0. The Morgan fingerprint density at radius 1 is 1.08 bits per heavy atom. The fraction of sp³-hybridized carbons (Fsp3) is 0.286. The average molecular weight is 347 g/mol. The van der Waals surface area contributed by atoms with Crippen LogP contribution in [-0.4, -0.2) is 22.2 Å². The van der Waals surface area contributed by atoms with E-state index in [1.54, 1.807) is 6.07 Å². The molecule has 1 saturated carbocycles. The maximum Gasteiger partial charge on any atom is 0.275 e. The topological polar surface area (TPSA) is 64.0 Å². The predicted octanol–water partition coefficient (Wildman–Crippen LogP) is 2.55. The molecule has 0 spiro atoms. The largest absolute Gasteiger partial charge is 0.354 e. The van der Waals surface area contributed by atoms with E-state index in [-0.39, 0.29) is 23.4 Å². The first-order valence-corrected chi connectivity index (χ1v) is 8.88. The smallest absolute Gasteiger partial charge is 0.275 e. The van der Waals surface area contributed by atoms with E-state index in [9.17, 15) is 9.59 Å². The van der Waals surface area contributed by atoms with E-state index in [1.165, 1.54) is 10.2 Å². The van der Waals surface area contributed by atoms with E-state index in [4.69, 9.17) is 0 Å². The molecule has 1 aliphatic rings. The van der Waals surface area contributed by atoms with E-state index >= 15 is 0 Å². The van der Waals surface area contributed by atoms with Gasteiger partial charge < -0.3 is 5.32 Å². The van der Waals surface area contributed by atoms with Crippen LogP contribution in [0.15, 0.2) is 59.4 Å². The van der Waals surface area contributed by atoms with Crippen LogP contribution >= 0.6 is 0 Å². The SMILES string of the molecule is Cc1nn(CC(=O)NCC2(c3ccccc3)CC2)c(=O)c2ccccc12. The van der Waals surface area contributed by atoms with E-state index in [1.807, 2.05) is 43.3 Å². The number of nitrogens with zero attached hydrogens (tertiary/aromatic N) is 2. The van der Waals surface area contributed by atoms with Crippen LogP contribution in [0.1, 0.15) is 24.1 Å². The summed E-state index contributed by atoms with van der Waals surface area (Å²) in [6.07, 6.45) is 2.15. The Morgan fingerprint density at radius 2 is 1.73 bits per heavy atom. The van der Waals surface area contributed by atoms with Crippen molar-refractivity contribution in [3.63, 3.8) is 0 Å². The van der Waals surface area contributed by atoms with Crippen molar-refractivity contribution in [3.05, 3.63) is 76.2 Å². The van der Waals surface area contributed by atoms with Crippen molar-refractivity contribution < 1.29 is 4.79 Å². The van der Waals surface area contributed by atoms with Crippen LogP contribution in [0.5, 0.6) is 0 Å². The number of amides is 1. The highest BCUT2D eigenvalue weighted by molar-refractivity contribution is 5.83. The Balaban J connectivity index is 1.48. The van der Waals surface area contributed by atoms with Crippen molar-refractivity contribution in [2.24, 2.45) is 0 Å². The Morgan fingerprint density at radius 3 is 2.42 bits per heavy atom. The number of benzene rings is 2. The third-order valence-electron chi connectivity index (χ3n) is 5.21. The summed E-state index contributed by atoms with van der Waals surface area (Å²) in [6, 6.07) is 17.6. The zero-order valence-corrected chi connectivity index (χ0v) is 14.7. The van der Waals surface area contributed by atoms with Crippen molar-refractivity contribution in [2.75, 3.05) is 6.54 Å². The molecule has 0 aliphatic heterocycles. The van der Waals surface area contributed by atoms with Gasteiger partial charge in [-0.3, -0.25) is 9.59 Å². The zero-order chi connectivity index (χ0) is 18.1. The van der Waals surface area contributed by atoms with Gasteiger partial charge in [0, 0.05) is 17.3 Å². The molecule has 2 aromatic carbocycles. The highest BCUT2D eigenvalue weighted by Crippen LogP contribution is 2.47. The Kier molecular flexibility index (Phi) is 4.07. The van der Waals surface area contributed by atoms with Gasteiger partial charge >= 0.3 is 0 Å². The maximum atomic E-state index is 12.6. The van der Waals surface area contributed by atoms with Gasteiger partial charge in [0.2, 0.25) is 5.91 Å². The molecule has 4 rings (SSSR count). The van der Waals surface area contributed by atoms with Crippen LogP contribution < -0.4 is 10.9 Å². The van der Waals surface area contributed by atoms with E-state index in [0.717, 1.165) is 23.9 Å². The van der Waals surface area contributed by atoms with Crippen LogP contribution in [0.2, 0.25) is 0 Å². The molecular formula is C21H21N3O2. The summed E-state index contributed by atoms with van der Waals surface area (Å²) in [6.45, 7) is 2.39. The number of nitrogens with one attached hydrogen (secondary N) is 1. The van der Waals surface area contributed by atoms with Gasteiger partial charge in [-0.2, -0.15) is 5.10 Å². The number of aryl methyl sites for hydroxylation is 1. The van der Waals surface area contributed by atoms with Gasteiger partial charge in [-0.05, 0) is 31.4 Å². The summed E-state index contributed by atoms with van der Waals surface area (Å²) < 4.78 is 1.26. The zero-order valence-electron chi connectivity index (χ0n) is 14.7. The minimum absolute atomic E-state index is 0.0502. The molecule has 1 fully saturated rings. The van der Waals surface area contributed by atoms with Gasteiger partial charge in [0.05, 0.1) is 11.1 Å². The molecular weight excluding hydrogens is 326 g/mol. The molecule has 3 aromatic rings. The molecule has 5 nitrogen and oxygen atoms in total. The molecule has 1 aliphatic carbocycles. The first-order valence-electron chi connectivity index (χ1n) is 8.88. The third-order valence-corrected chi connectivity index (χ3v) is 5.21. The quantitative estimate of drug-likeness (QED) is 0.771. The first kappa shape index (κ1) is 16.5. The second-order valence-electron chi connectivity index (χ2n) is 7.02. The summed E-state index contributed by atoms with van der Waals surface area (Å²) in [5.41, 5.74) is 1.83. The fourth-order valence-electron chi connectivity index (χ4n) is 3.48. The molecule has 26 heavy (non-hydrogen) atoms. The number of hydrogen-bond donors (Lipinski definition) is 1. The second-order valence-corrected chi connectivity index (χ2v) is 7.02. The molecule has 1 N–H and O–H groups in total. The van der Waals surface area contributed by atoms with Crippen LogP contribution in [0, 0.1) is 6.92 Å². The summed E-state index contributed by atoms with van der Waals surface area (Å²) >= 11 is 0. The van der Waals surface area contributed by atoms with Gasteiger partial charge in [-0.25, -0.2) is 4.68 Å². The average Bonchev–Trinajstić information content (AvgIpc) is 3.46. The molecule has 0 radical (unpaired) electrons. The van der Waals surface area contributed by atoms with Crippen molar-refractivity contribution in [1.82, 2.24) is 15.1 Å². The van der Waals surface area contributed by atoms with Crippen LogP contribution in [0.3, 0.4) is 0 Å². The lowest BCUT2D eigenvalue weighted by molar-refractivity contribution is -0.122. The molecule has 0 atom stereocenters. The lowest BCUT2D eigenvalue weighted by Gasteiger charge is -2.17. The molecule has 1 heterocycles. The Bertz CT molecular complexity index is 1020. The van der Waals surface area contributed by atoms with Crippen molar-refractivity contribution in [1.29, 1.82) is 0 Å². The number of rotatable bonds is 5. The van der Waals surface area contributed by atoms with Gasteiger partial charge in [-0.1, -0.05) is 48.5 Å². The fourth-order valence-corrected chi connectivity index (χ4v) is 3.48. The lowest BCUT2D eigenvalue weighted by Crippen LogP contribution is -2.37. The Labute approximate surface area is 151 Å². The number of carbonyl (C=O) groups excluding carboxylic acids is 1. The summed E-state index contributed by atoms with van der Waals surface area (Å²) in [4.78, 5) is 25.0. The number of hydrogen-bond acceptors (Lipinski definition) is 3. The van der Waals surface area contributed by atoms with Crippen LogP contribution in [0.25, 0.3) is 10.8 Å². The van der Waals surface area contributed by atoms with Crippen LogP contribution in [0.4, 0.5) is 0 Å². The highest BCUT2D eigenvalue weighted by Gasteiger charge is 2.44. The molecule has 1 amide bonds. The summed E-state index contributed by atoms with van der Waals surface area (Å²) in [5.74, 6) is -0.184. The minimum atomic E-state index is -0.231. The molecule has 5 heteroatoms. The number of carbonyl (C=O) groups is 1. The highest BCUT2D eigenvalue weighted by atomic mass is 16.2. The van der Waals surface area contributed by atoms with Gasteiger partial charge in [0.15, 0.2) is 0 Å². The van der Waals surface area contributed by atoms with Gasteiger partial charge in [-0.15, -0.1) is 0 Å². The van der Waals surface area contributed by atoms with E-state index in [2.05, 4.69) is 22.5 Å². The third kappa shape index (κ3) is 3.01. The normalized spacial score (nSPS) is 15.0. The Hall–Kier alpha value is -2.95. The maximum absolute atomic E-state index is 12.6. The van der Waals surface area contributed by atoms with Crippen molar-refractivity contribution >= 4 is 16.7 Å². The molecule has 0 unspecified atom stereocenters. The standard InChI is InChI=1S/C21H21N3O2/c1-15-17-9-5-6-10-18(17)20(26)24(23-15)13-19(25)22-14-21(11-12-21)16-7-3-2-4-8-16/h2-10H,11-14H2,1H3,(H,22,25). The molecule has 132 valence electrons. The minimum Gasteiger partial charge on any atom is -0.354 e. The lowest BCUT2D eigenvalue weighted by atomic mass is 9.96. The first-order chi connectivity index (χ1) is 12.6. The molecule has 0 saturated heterocycles. The van der Waals surface area contributed by atoms with Crippen molar-refractivity contribution in [2.45, 2.75) is 31.7 Å². The monoisotopic (exact) mass is 347 g/mol.